The van der Waals surface area contributed by atoms with Crippen molar-refractivity contribution in [1.29, 1.82) is 0 Å². The fraction of sp³-hybridized carbons (Fsp3) is 0.300. The zero-order valence-electron chi connectivity index (χ0n) is 15.4. The van der Waals surface area contributed by atoms with E-state index in [4.69, 9.17) is 14.2 Å². The van der Waals surface area contributed by atoms with E-state index in [0.717, 1.165) is 5.56 Å². The van der Waals surface area contributed by atoms with Gasteiger partial charge in [0.2, 0.25) is 0 Å². The number of rotatable bonds is 7. The van der Waals surface area contributed by atoms with E-state index in [0.29, 0.717) is 17.2 Å². The van der Waals surface area contributed by atoms with Gasteiger partial charge < -0.3 is 19.5 Å². The van der Waals surface area contributed by atoms with Crippen molar-refractivity contribution in [3.8, 4) is 11.5 Å². The maximum absolute atomic E-state index is 12.4. The molecule has 1 N–H and O–H groups in total. The molecule has 6 heteroatoms. The summed E-state index contributed by atoms with van der Waals surface area (Å²) in [7, 11) is 3.04. The minimum absolute atomic E-state index is 0.380. The van der Waals surface area contributed by atoms with Crippen molar-refractivity contribution in [1.82, 2.24) is 0 Å². The summed E-state index contributed by atoms with van der Waals surface area (Å²) in [5, 5.41) is 2.66. The van der Waals surface area contributed by atoms with E-state index in [9.17, 15) is 9.59 Å². The van der Waals surface area contributed by atoms with Gasteiger partial charge in [0.15, 0.2) is 6.61 Å². The lowest BCUT2D eigenvalue weighted by molar-refractivity contribution is -0.152. The predicted molar refractivity (Wildman–Crippen MR) is 98.6 cm³/mol. The third kappa shape index (κ3) is 4.75. The van der Waals surface area contributed by atoms with E-state index in [1.54, 1.807) is 32.0 Å². The first-order valence-electron chi connectivity index (χ1n) is 8.12. The van der Waals surface area contributed by atoms with Gasteiger partial charge in [-0.25, -0.2) is 0 Å². The minimum atomic E-state index is -0.847. The molecule has 0 atom stereocenters. The van der Waals surface area contributed by atoms with Gasteiger partial charge in [-0.1, -0.05) is 30.3 Å². The van der Waals surface area contributed by atoms with Gasteiger partial charge in [-0.15, -0.1) is 0 Å². The molecule has 0 saturated heterocycles. The summed E-state index contributed by atoms with van der Waals surface area (Å²) in [5.74, 6) is 0.170. The standard InChI is InChI=1S/C20H23NO5/c1-20(2,14-8-6-5-7-9-14)19(23)26-13-18(22)21-15-10-16(24-3)12-17(11-15)25-4/h5-12H,13H2,1-4H3,(H,21,22). The molecule has 0 spiro atoms. The number of anilines is 1. The average molecular weight is 357 g/mol. The van der Waals surface area contributed by atoms with Crippen LogP contribution >= 0.6 is 0 Å². The van der Waals surface area contributed by atoms with Crippen molar-refractivity contribution in [2.45, 2.75) is 19.3 Å². The second-order valence-corrected chi connectivity index (χ2v) is 6.22. The van der Waals surface area contributed by atoms with Crippen LogP contribution in [-0.4, -0.2) is 32.7 Å². The first kappa shape index (κ1) is 19.3. The molecule has 138 valence electrons. The monoisotopic (exact) mass is 357 g/mol. The Morgan fingerprint density at radius 3 is 2.08 bits per heavy atom. The topological polar surface area (TPSA) is 73.9 Å². The predicted octanol–water partition coefficient (Wildman–Crippen LogP) is 3.16. The van der Waals surface area contributed by atoms with E-state index in [1.165, 1.54) is 14.2 Å². The van der Waals surface area contributed by atoms with Gasteiger partial charge in [0.1, 0.15) is 11.5 Å². The van der Waals surface area contributed by atoms with Crippen molar-refractivity contribution in [3.05, 3.63) is 54.1 Å². The highest BCUT2D eigenvalue weighted by Gasteiger charge is 2.31. The number of carbonyl (C=O) groups excluding carboxylic acids is 2. The molecule has 1 amide bonds. The van der Waals surface area contributed by atoms with Crippen LogP contribution < -0.4 is 14.8 Å². The average Bonchev–Trinajstić information content (AvgIpc) is 2.66. The first-order valence-corrected chi connectivity index (χ1v) is 8.12. The van der Waals surface area contributed by atoms with Gasteiger partial charge in [-0.2, -0.15) is 0 Å². The van der Waals surface area contributed by atoms with Crippen LogP contribution in [0.25, 0.3) is 0 Å². The Bertz CT molecular complexity index is 749. The van der Waals surface area contributed by atoms with E-state index in [2.05, 4.69) is 5.32 Å². The quantitative estimate of drug-likeness (QED) is 0.771. The molecule has 26 heavy (non-hydrogen) atoms. The molecule has 2 aromatic carbocycles. The van der Waals surface area contributed by atoms with Crippen molar-refractivity contribution in [3.63, 3.8) is 0 Å². The first-order chi connectivity index (χ1) is 12.4. The van der Waals surface area contributed by atoms with Gasteiger partial charge in [0.25, 0.3) is 5.91 Å². The normalized spacial score (nSPS) is 10.8. The summed E-state index contributed by atoms with van der Waals surface area (Å²) < 4.78 is 15.5. The Labute approximate surface area is 153 Å². The Hall–Kier alpha value is -3.02. The highest BCUT2D eigenvalue weighted by atomic mass is 16.5. The summed E-state index contributed by atoms with van der Waals surface area (Å²) in [6.07, 6.45) is 0. The molecule has 0 radical (unpaired) electrons. The second kappa shape index (κ2) is 8.38. The van der Waals surface area contributed by atoms with E-state index < -0.39 is 17.3 Å². The molecule has 0 aliphatic rings. The molecule has 0 aliphatic heterocycles. The number of ether oxygens (including phenoxy) is 3. The Morgan fingerprint density at radius 2 is 1.54 bits per heavy atom. The van der Waals surface area contributed by atoms with Crippen LogP contribution in [0.4, 0.5) is 5.69 Å². The van der Waals surface area contributed by atoms with Crippen LogP contribution in [0, 0.1) is 0 Å². The zero-order chi connectivity index (χ0) is 19.2. The minimum Gasteiger partial charge on any atom is -0.497 e. The number of methoxy groups -OCH3 is 2. The molecule has 2 aromatic rings. The van der Waals surface area contributed by atoms with E-state index in [1.807, 2.05) is 30.3 Å². The summed E-state index contributed by atoms with van der Waals surface area (Å²) in [6.45, 7) is 3.14. The molecule has 6 nitrogen and oxygen atoms in total. The van der Waals surface area contributed by atoms with Crippen LogP contribution in [0.2, 0.25) is 0 Å². The largest absolute Gasteiger partial charge is 0.497 e. The highest BCUT2D eigenvalue weighted by Crippen LogP contribution is 2.26. The molecule has 0 aliphatic carbocycles. The zero-order valence-corrected chi connectivity index (χ0v) is 15.4. The summed E-state index contributed by atoms with van der Waals surface area (Å²) in [4.78, 5) is 24.5. The molecule has 2 rings (SSSR count). The number of hydrogen-bond donors (Lipinski definition) is 1. The SMILES string of the molecule is COc1cc(NC(=O)COC(=O)C(C)(C)c2ccccc2)cc(OC)c1. The van der Waals surface area contributed by atoms with Gasteiger partial charge in [-0.3, -0.25) is 9.59 Å². The van der Waals surface area contributed by atoms with Crippen molar-refractivity contribution in [2.75, 3.05) is 26.1 Å². The number of amides is 1. The molecule has 0 unspecified atom stereocenters. The number of benzene rings is 2. The number of esters is 1. The van der Waals surface area contributed by atoms with Crippen LogP contribution in [0.15, 0.2) is 48.5 Å². The number of carbonyl (C=O) groups is 2. The summed E-state index contributed by atoms with van der Waals surface area (Å²) >= 11 is 0. The molecule has 0 heterocycles. The van der Waals surface area contributed by atoms with Crippen LogP contribution in [-0.2, 0) is 19.7 Å². The van der Waals surface area contributed by atoms with Crippen molar-refractivity contribution in [2.24, 2.45) is 0 Å². The molecule has 0 bridgehead atoms. The lowest BCUT2D eigenvalue weighted by Crippen LogP contribution is -2.33. The maximum Gasteiger partial charge on any atom is 0.316 e. The van der Waals surface area contributed by atoms with Crippen LogP contribution in [0.5, 0.6) is 11.5 Å². The third-order valence-corrected chi connectivity index (χ3v) is 3.98. The van der Waals surface area contributed by atoms with Crippen molar-refractivity contribution >= 4 is 17.6 Å². The summed E-state index contributed by atoms with van der Waals surface area (Å²) in [5.41, 5.74) is 0.466. The molecule has 0 saturated carbocycles. The maximum atomic E-state index is 12.4. The number of nitrogens with one attached hydrogen (secondary N) is 1. The van der Waals surface area contributed by atoms with E-state index >= 15 is 0 Å². The summed E-state index contributed by atoms with van der Waals surface area (Å²) in [6, 6.07) is 14.3. The smallest absolute Gasteiger partial charge is 0.316 e. The van der Waals surface area contributed by atoms with Crippen LogP contribution in [0.3, 0.4) is 0 Å². The molecule has 0 aromatic heterocycles. The lowest BCUT2D eigenvalue weighted by Gasteiger charge is -2.22. The van der Waals surface area contributed by atoms with Crippen LogP contribution in [0.1, 0.15) is 19.4 Å². The van der Waals surface area contributed by atoms with Gasteiger partial charge in [0, 0.05) is 23.9 Å². The fourth-order valence-electron chi connectivity index (χ4n) is 2.36. The highest BCUT2D eigenvalue weighted by molar-refractivity contribution is 5.94. The molecular formula is C20H23NO5. The fourth-order valence-corrected chi connectivity index (χ4v) is 2.36. The van der Waals surface area contributed by atoms with Gasteiger partial charge in [-0.05, 0) is 19.4 Å². The van der Waals surface area contributed by atoms with Gasteiger partial charge in [0.05, 0.1) is 19.6 Å². The lowest BCUT2D eigenvalue weighted by atomic mass is 9.85. The van der Waals surface area contributed by atoms with Crippen molar-refractivity contribution < 1.29 is 23.8 Å². The third-order valence-electron chi connectivity index (χ3n) is 3.98. The van der Waals surface area contributed by atoms with Gasteiger partial charge >= 0.3 is 5.97 Å². The van der Waals surface area contributed by atoms with E-state index in [-0.39, 0.29) is 6.61 Å². The Balaban J connectivity index is 1.97. The Kier molecular flexibility index (Phi) is 6.22. The molecular weight excluding hydrogens is 334 g/mol. The second-order valence-electron chi connectivity index (χ2n) is 6.22. The Morgan fingerprint density at radius 1 is 0.962 bits per heavy atom. The number of hydrogen-bond acceptors (Lipinski definition) is 5. The molecule has 0 fully saturated rings.